The fourth-order valence-corrected chi connectivity index (χ4v) is 1.56. The number of nitrogens with two attached hydrogens (primary N) is 1. The molecule has 0 aliphatic heterocycles. The molecule has 0 saturated heterocycles. The molecule has 6 heteroatoms. The lowest BCUT2D eigenvalue weighted by molar-refractivity contribution is 0.418. The molecular formula is C11H11ClFN3O. The van der Waals surface area contributed by atoms with E-state index < -0.39 is 5.82 Å². The molecule has 0 saturated carbocycles. The predicted octanol–water partition coefficient (Wildman–Crippen LogP) is 2.59. The molecule has 1 aromatic carbocycles. The first-order chi connectivity index (χ1) is 8.11. The van der Waals surface area contributed by atoms with Crippen LogP contribution < -0.4 is 5.73 Å². The third-order valence-corrected chi connectivity index (χ3v) is 2.71. The van der Waals surface area contributed by atoms with Gasteiger partial charge in [-0.1, -0.05) is 23.7 Å². The maximum absolute atomic E-state index is 12.9. The highest BCUT2D eigenvalue weighted by molar-refractivity contribution is 6.33. The van der Waals surface area contributed by atoms with Crippen LogP contribution in [0.3, 0.4) is 0 Å². The molecule has 2 aromatic rings. The molecule has 0 spiro atoms. The van der Waals surface area contributed by atoms with Crippen LogP contribution in [0.2, 0.25) is 5.02 Å². The molecule has 0 fully saturated rings. The number of aromatic nitrogens is 2. The molecule has 4 nitrogen and oxygen atoms in total. The monoisotopic (exact) mass is 255 g/mol. The Labute approximate surface area is 103 Å². The third-order valence-electron chi connectivity index (χ3n) is 2.40. The first-order valence-electron chi connectivity index (χ1n) is 5.11. The van der Waals surface area contributed by atoms with Gasteiger partial charge in [0.05, 0.1) is 10.6 Å². The van der Waals surface area contributed by atoms with E-state index in [0.717, 1.165) is 0 Å². The van der Waals surface area contributed by atoms with Crippen LogP contribution in [0.4, 0.5) is 4.39 Å². The van der Waals surface area contributed by atoms with Gasteiger partial charge in [0.1, 0.15) is 5.82 Å². The molecule has 0 radical (unpaired) electrons. The van der Waals surface area contributed by atoms with Gasteiger partial charge >= 0.3 is 0 Å². The Balaban J connectivity index is 2.37. The lowest BCUT2D eigenvalue weighted by Gasteiger charge is -1.99. The maximum Gasteiger partial charge on any atom is 0.259 e. The summed E-state index contributed by atoms with van der Waals surface area (Å²) in [5.41, 5.74) is 6.01. The number of nitrogens with zero attached hydrogens (tertiary/aromatic N) is 2. The topological polar surface area (TPSA) is 64.9 Å². The fraction of sp³-hybridized carbons (Fsp3) is 0.273. The molecule has 0 aliphatic rings. The Morgan fingerprint density at radius 3 is 2.94 bits per heavy atom. The molecule has 2 N–H and O–H groups in total. The molecule has 90 valence electrons. The van der Waals surface area contributed by atoms with E-state index in [1.165, 1.54) is 18.2 Å². The summed E-state index contributed by atoms with van der Waals surface area (Å²) in [7, 11) is 0. The van der Waals surface area contributed by atoms with Crippen molar-refractivity contribution in [1.82, 2.24) is 10.1 Å². The van der Waals surface area contributed by atoms with Crippen LogP contribution in [0.15, 0.2) is 22.7 Å². The fourth-order valence-electron chi connectivity index (χ4n) is 1.31. The zero-order chi connectivity index (χ0) is 12.4. The lowest BCUT2D eigenvalue weighted by atomic mass is 10.2. The molecular weight excluding hydrogens is 245 g/mol. The van der Waals surface area contributed by atoms with E-state index >= 15 is 0 Å². The molecule has 1 aromatic heterocycles. The zero-order valence-electron chi connectivity index (χ0n) is 9.15. The van der Waals surface area contributed by atoms with Gasteiger partial charge in [-0.2, -0.15) is 4.98 Å². The standard InChI is InChI=1S/C11H11ClFN3O/c1-6(5-14)10-15-11(17-16-10)8-3-2-7(13)4-9(8)12/h2-4,6H,5,14H2,1H3. The largest absolute Gasteiger partial charge is 0.334 e. The Hall–Kier alpha value is -1.46. The zero-order valence-corrected chi connectivity index (χ0v) is 9.91. The van der Waals surface area contributed by atoms with E-state index in [1.54, 1.807) is 0 Å². The summed E-state index contributed by atoms with van der Waals surface area (Å²) in [6.45, 7) is 2.32. The summed E-state index contributed by atoms with van der Waals surface area (Å²) in [5, 5.41) is 4.05. The molecule has 1 atom stereocenters. The van der Waals surface area contributed by atoms with Crippen LogP contribution in [0.1, 0.15) is 18.7 Å². The average molecular weight is 256 g/mol. The number of benzene rings is 1. The second-order valence-corrected chi connectivity index (χ2v) is 4.13. The van der Waals surface area contributed by atoms with Crippen molar-refractivity contribution in [3.05, 3.63) is 34.9 Å². The minimum absolute atomic E-state index is 0.00623. The van der Waals surface area contributed by atoms with Gasteiger partial charge in [-0.05, 0) is 18.2 Å². The van der Waals surface area contributed by atoms with Crippen molar-refractivity contribution in [3.8, 4) is 11.5 Å². The number of hydrogen-bond acceptors (Lipinski definition) is 4. The van der Waals surface area contributed by atoms with E-state index in [1.807, 2.05) is 6.92 Å². The number of hydrogen-bond donors (Lipinski definition) is 1. The molecule has 0 bridgehead atoms. The highest BCUT2D eigenvalue weighted by Gasteiger charge is 2.15. The molecule has 1 unspecified atom stereocenters. The number of rotatable bonds is 3. The second-order valence-electron chi connectivity index (χ2n) is 3.72. The summed E-state index contributed by atoms with van der Waals surface area (Å²) >= 11 is 5.89. The van der Waals surface area contributed by atoms with Gasteiger partial charge in [-0.15, -0.1) is 0 Å². The summed E-state index contributed by atoms with van der Waals surface area (Å²) in [6, 6.07) is 3.99. The SMILES string of the molecule is CC(CN)c1noc(-c2ccc(F)cc2Cl)n1. The maximum atomic E-state index is 12.9. The van der Waals surface area contributed by atoms with Crippen molar-refractivity contribution in [3.63, 3.8) is 0 Å². The van der Waals surface area contributed by atoms with Crippen molar-refractivity contribution in [2.24, 2.45) is 5.73 Å². The lowest BCUT2D eigenvalue weighted by Crippen LogP contribution is -2.10. The first-order valence-corrected chi connectivity index (χ1v) is 5.48. The van der Waals surface area contributed by atoms with Gasteiger partial charge in [0.15, 0.2) is 5.82 Å². The van der Waals surface area contributed by atoms with Gasteiger partial charge in [-0.25, -0.2) is 4.39 Å². The van der Waals surface area contributed by atoms with Crippen molar-refractivity contribution in [2.45, 2.75) is 12.8 Å². The summed E-state index contributed by atoms with van der Waals surface area (Å²) in [4.78, 5) is 4.18. The highest BCUT2D eigenvalue weighted by Crippen LogP contribution is 2.27. The van der Waals surface area contributed by atoms with E-state index in [4.69, 9.17) is 21.9 Å². The smallest absolute Gasteiger partial charge is 0.259 e. The molecule has 0 aliphatic carbocycles. The van der Waals surface area contributed by atoms with Crippen LogP contribution in [-0.2, 0) is 0 Å². The van der Waals surface area contributed by atoms with Crippen LogP contribution in [-0.4, -0.2) is 16.7 Å². The predicted molar refractivity (Wildman–Crippen MR) is 62.2 cm³/mol. The van der Waals surface area contributed by atoms with Crippen molar-refractivity contribution in [2.75, 3.05) is 6.54 Å². The van der Waals surface area contributed by atoms with Crippen LogP contribution in [0.25, 0.3) is 11.5 Å². The van der Waals surface area contributed by atoms with Gasteiger partial charge in [0.2, 0.25) is 0 Å². The summed E-state index contributed by atoms with van der Waals surface area (Å²) < 4.78 is 18.0. The Kier molecular flexibility index (Phi) is 3.40. The van der Waals surface area contributed by atoms with E-state index in [2.05, 4.69) is 10.1 Å². The van der Waals surface area contributed by atoms with E-state index in [-0.39, 0.29) is 16.8 Å². The van der Waals surface area contributed by atoms with Crippen molar-refractivity contribution < 1.29 is 8.91 Å². The average Bonchev–Trinajstić information content (AvgIpc) is 2.77. The van der Waals surface area contributed by atoms with Crippen molar-refractivity contribution >= 4 is 11.6 Å². The van der Waals surface area contributed by atoms with Gasteiger partial charge in [0, 0.05) is 12.5 Å². The van der Waals surface area contributed by atoms with Gasteiger partial charge in [-0.3, -0.25) is 0 Å². The normalized spacial score (nSPS) is 12.7. The molecule has 0 amide bonds. The van der Waals surface area contributed by atoms with Gasteiger partial charge < -0.3 is 10.3 Å². The summed E-state index contributed by atoms with van der Waals surface area (Å²) in [6.07, 6.45) is 0. The Morgan fingerprint density at radius 1 is 1.53 bits per heavy atom. The molecule has 17 heavy (non-hydrogen) atoms. The van der Waals surface area contributed by atoms with Gasteiger partial charge in [0.25, 0.3) is 5.89 Å². The van der Waals surface area contributed by atoms with E-state index in [0.29, 0.717) is 17.9 Å². The van der Waals surface area contributed by atoms with Crippen LogP contribution in [0.5, 0.6) is 0 Å². The Morgan fingerprint density at radius 2 is 2.29 bits per heavy atom. The first kappa shape index (κ1) is 12.0. The van der Waals surface area contributed by atoms with E-state index in [9.17, 15) is 4.39 Å². The third kappa shape index (κ3) is 2.45. The van der Waals surface area contributed by atoms with Crippen LogP contribution >= 0.6 is 11.6 Å². The minimum atomic E-state index is -0.409. The van der Waals surface area contributed by atoms with Crippen molar-refractivity contribution in [1.29, 1.82) is 0 Å². The summed E-state index contributed by atoms with van der Waals surface area (Å²) in [5.74, 6) is 0.383. The van der Waals surface area contributed by atoms with Crippen LogP contribution in [0, 0.1) is 5.82 Å². The number of halogens is 2. The second kappa shape index (κ2) is 4.81. The minimum Gasteiger partial charge on any atom is -0.334 e. The highest BCUT2D eigenvalue weighted by atomic mass is 35.5. The molecule has 1 heterocycles. The Bertz CT molecular complexity index is 529. The quantitative estimate of drug-likeness (QED) is 0.916. The molecule has 2 rings (SSSR count).